The fourth-order valence-electron chi connectivity index (χ4n) is 4.38. The summed E-state index contributed by atoms with van der Waals surface area (Å²) in [7, 11) is 0. The molecule has 2 fully saturated rings. The van der Waals surface area contributed by atoms with E-state index >= 15 is 0 Å². The lowest BCUT2D eigenvalue weighted by atomic mass is 9.88. The molecular weight excluding hydrogens is 314 g/mol. The Morgan fingerprint density at radius 3 is 1.88 bits per heavy atom. The molecule has 2 aliphatic carbocycles. The first kappa shape index (κ1) is 18.7. The fraction of sp³-hybridized carbons (Fsp3) is 0.900. The topological polar surface area (TPSA) is 59.9 Å². The van der Waals surface area contributed by atoms with Crippen molar-refractivity contribution >= 4 is 0 Å². The minimum Gasteiger partial charge on any atom is -0.375 e. The van der Waals surface area contributed by atoms with E-state index in [1.807, 2.05) is 6.92 Å². The van der Waals surface area contributed by atoms with Crippen molar-refractivity contribution in [1.82, 2.24) is 14.8 Å². The highest BCUT2D eigenvalue weighted by Gasteiger charge is 2.34. The molecule has 0 radical (unpaired) electrons. The van der Waals surface area contributed by atoms with Crippen LogP contribution in [0.2, 0.25) is 0 Å². The smallest absolute Gasteiger partial charge is 0.343 e. The van der Waals surface area contributed by atoms with Gasteiger partial charge in [-0.25, -0.2) is 9.89 Å². The van der Waals surface area contributed by atoms with Crippen LogP contribution in [0.3, 0.4) is 0 Å². The summed E-state index contributed by atoms with van der Waals surface area (Å²) in [5.41, 5.74) is -0.0805. The van der Waals surface area contributed by atoms with Gasteiger partial charge in [0.25, 0.3) is 0 Å². The monoisotopic (exact) mass is 349 g/mol. The first-order chi connectivity index (χ1) is 12.2. The molecule has 5 heteroatoms. The van der Waals surface area contributed by atoms with Gasteiger partial charge in [0.05, 0.1) is 12.2 Å². The Morgan fingerprint density at radius 1 is 0.880 bits per heavy atom. The summed E-state index contributed by atoms with van der Waals surface area (Å²) < 4.78 is 8.22. The number of ether oxygens (including phenoxy) is 1. The molecule has 2 aliphatic rings. The number of hydrogen-bond donors (Lipinski definition) is 1. The number of H-pyrrole nitrogens is 1. The quantitative estimate of drug-likeness (QED) is 0.863. The molecule has 0 aliphatic heterocycles. The van der Waals surface area contributed by atoms with E-state index in [0.717, 1.165) is 18.7 Å². The summed E-state index contributed by atoms with van der Waals surface area (Å²) in [6.07, 6.45) is 18.9. The van der Waals surface area contributed by atoms with E-state index in [4.69, 9.17) is 4.74 Å². The van der Waals surface area contributed by atoms with E-state index in [-0.39, 0.29) is 11.7 Å². The second kappa shape index (κ2) is 9.56. The third kappa shape index (κ3) is 5.44. The molecule has 1 aromatic rings. The van der Waals surface area contributed by atoms with Crippen molar-refractivity contribution in [2.45, 2.75) is 115 Å². The lowest BCUT2D eigenvalue weighted by Gasteiger charge is -2.38. The number of aryl methyl sites for hydroxylation is 1. The molecule has 142 valence electrons. The van der Waals surface area contributed by atoms with Crippen LogP contribution in [0, 0.1) is 6.92 Å². The van der Waals surface area contributed by atoms with Crippen molar-refractivity contribution in [2.24, 2.45) is 0 Å². The minimum absolute atomic E-state index is 0.0805. The van der Waals surface area contributed by atoms with Gasteiger partial charge < -0.3 is 4.74 Å². The highest BCUT2D eigenvalue weighted by Crippen LogP contribution is 2.36. The molecule has 25 heavy (non-hydrogen) atoms. The number of hydrogen-bond acceptors (Lipinski definition) is 3. The van der Waals surface area contributed by atoms with Crippen molar-refractivity contribution in [3.05, 3.63) is 16.3 Å². The molecule has 1 aromatic heterocycles. The van der Waals surface area contributed by atoms with Crippen molar-refractivity contribution in [3.63, 3.8) is 0 Å². The highest BCUT2D eigenvalue weighted by molar-refractivity contribution is 4.94. The van der Waals surface area contributed by atoms with Crippen LogP contribution in [-0.4, -0.2) is 27.0 Å². The Balaban J connectivity index is 1.44. The van der Waals surface area contributed by atoms with E-state index in [2.05, 4.69) is 10.2 Å². The minimum atomic E-state index is -0.0805. The number of aromatic amines is 1. The molecule has 0 aromatic carbocycles. The molecule has 0 bridgehead atoms. The Kier molecular flexibility index (Phi) is 7.14. The van der Waals surface area contributed by atoms with Crippen LogP contribution < -0.4 is 5.69 Å². The molecule has 0 atom stereocenters. The second-order valence-corrected chi connectivity index (χ2v) is 8.06. The van der Waals surface area contributed by atoms with Gasteiger partial charge in [0.15, 0.2) is 0 Å². The second-order valence-electron chi connectivity index (χ2n) is 8.06. The lowest BCUT2D eigenvalue weighted by molar-refractivity contribution is -0.0792. The molecule has 0 spiro atoms. The molecule has 0 saturated heterocycles. The Morgan fingerprint density at radius 2 is 1.40 bits per heavy atom. The Hall–Kier alpha value is -1.10. The predicted molar refractivity (Wildman–Crippen MR) is 99.9 cm³/mol. The third-order valence-electron chi connectivity index (χ3n) is 6.00. The lowest BCUT2D eigenvalue weighted by Crippen LogP contribution is -2.39. The first-order valence-corrected chi connectivity index (χ1v) is 10.5. The normalized spacial score (nSPS) is 27.7. The van der Waals surface area contributed by atoms with Crippen LogP contribution in [0.5, 0.6) is 0 Å². The van der Waals surface area contributed by atoms with Crippen molar-refractivity contribution in [2.75, 3.05) is 0 Å². The van der Waals surface area contributed by atoms with Gasteiger partial charge >= 0.3 is 5.69 Å². The largest absolute Gasteiger partial charge is 0.375 e. The zero-order valence-corrected chi connectivity index (χ0v) is 15.8. The Labute approximate surface area is 151 Å². The summed E-state index contributed by atoms with van der Waals surface area (Å²) in [5.74, 6) is 0.788. The maximum absolute atomic E-state index is 11.8. The average molecular weight is 350 g/mol. The fourth-order valence-corrected chi connectivity index (χ4v) is 4.38. The van der Waals surface area contributed by atoms with Gasteiger partial charge in [-0.05, 0) is 32.6 Å². The van der Waals surface area contributed by atoms with Crippen molar-refractivity contribution in [3.8, 4) is 0 Å². The van der Waals surface area contributed by atoms with Gasteiger partial charge in [0.1, 0.15) is 5.82 Å². The standard InChI is InChI=1S/C20H35N3O2/c1-16-21-22-20(24)23(16)17-14-19(15-17)25-18-12-10-8-6-4-2-3-5-7-9-11-13-18/h17-19H,2-15H2,1H3,(H,22,24). The maximum atomic E-state index is 11.8. The van der Waals surface area contributed by atoms with Crippen LogP contribution >= 0.6 is 0 Å². The van der Waals surface area contributed by atoms with Gasteiger partial charge in [-0.15, -0.1) is 0 Å². The SMILES string of the molecule is Cc1n[nH]c(=O)n1C1CC(OC2CCCCCCCCCCCC2)C1. The summed E-state index contributed by atoms with van der Waals surface area (Å²) >= 11 is 0. The summed E-state index contributed by atoms with van der Waals surface area (Å²) in [6.45, 7) is 1.89. The van der Waals surface area contributed by atoms with Crippen LogP contribution in [-0.2, 0) is 4.74 Å². The van der Waals surface area contributed by atoms with Crippen LogP contribution in [0.1, 0.15) is 102 Å². The molecule has 3 rings (SSSR count). The van der Waals surface area contributed by atoms with Gasteiger partial charge in [-0.1, -0.05) is 64.2 Å². The molecule has 1 N–H and O–H groups in total. The van der Waals surface area contributed by atoms with Gasteiger partial charge in [-0.2, -0.15) is 5.10 Å². The molecule has 0 amide bonds. The summed E-state index contributed by atoms with van der Waals surface area (Å²) in [6, 6.07) is 0.269. The average Bonchev–Trinajstić information content (AvgIpc) is 2.90. The van der Waals surface area contributed by atoms with Crippen molar-refractivity contribution < 1.29 is 4.74 Å². The zero-order valence-electron chi connectivity index (χ0n) is 15.8. The third-order valence-corrected chi connectivity index (χ3v) is 6.00. The molecular formula is C20H35N3O2. The maximum Gasteiger partial charge on any atom is 0.343 e. The van der Waals surface area contributed by atoms with Gasteiger partial charge in [0, 0.05) is 6.04 Å². The van der Waals surface area contributed by atoms with E-state index in [1.54, 1.807) is 4.57 Å². The van der Waals surface area contributed by atoms with Crippen LogP contribution in [0.25, 0.3) is 0 Å². The molecule has 0 unspecified atom stereocenters. The number of aromatic nitrogens is 3. The van der Waals surface area contributed by atoms with E-state index in [0.29, 0.717) is 12.2 Å². The van der Waals surface area contributed by atoms with Gasteiger partial charge in [0.2, 0.25) is 0 Å². The number of nitrogens with one attached hydrogen (secondary N) is 1. The molecule has 5 nitrogen and oxygen atoms in total. The van der Waals surface area contributed by atoms with E-state index < -0.39 is 0 Å². The summed E-state index contributed by atoms with van der Waals surface area (Å²) in [4.78, 5) is 11.8. The number of nitrogens with zero attached hydrogens (tertiary/aromatic N) is 2. The predicted octanol–water partition coefficient (Wildman–Crippen LogP) is 4.66. The van der Waals surface area contributed by atoms with Crippen LogP contribution in [0.4, 0.5) is 0 Å². The molecule has 1 heterocycles. The van der Waals surface area contributed by atoms with Crippen molar-refractivity contribution in [1.29, 1.82) is 0 Å². The number of rotatable bonds is 3. The van der Waals surface area contributed by atoms with Crippen LogP contribution in [0.15, 0.2) is 4.79 Å². The zero-order chi connectivity index (χ0) is 17.5. The Bertz CT molecular complexity index is 546. The molecule has 2 saturated carbocycles. The van der Waals surface area contributed by atoms with E-state index in [1.165, 1.54) is 77.0 Å². The van der Waals surface area contributed by atoms with Gasteiger partial charge in [-0.3, -0.25) is 4.57 Å². The first-order valence-electron chi connectivity index (χ1n) is 10.5. The van der Waals surface area contributed by atoms with E-state index in [9.17, 15) is 4.79 Å². The highest BCUT2D eigenvalue weighted by atomic mass is 16.5. The summed E-state index contributed by atoms with van der Waals surface area (Å²) in [5, 5.41) is 6.55.